The fourth-order valence-corrected chi connectivity index (χ4v) is 0.490. The van der Waals surface area contributed by atoms with Crippen molar-refractivity contribution < 1.29 is 13.1 Å². The number of hydrogen-bond donors (Lipinski definition) is 0. The van der Waals surface area contributed by atoms with E-state index in [4.69, 9.17) is 0 Å². The molecule has 1 nitrogen and oxygen atoms in total. The Labute approximate surface area is 48.2 Å². The molecule has 0 saturated heterocycles. The molecule has 0 aliphatic rings. The minimum absolute atomic E-state index is 0.406. The minimum atomic E-state index is -3.04. The zero-order valence-corrected chi connectivity index (χ0v) is 5.19. The van der Waals surface area contributed by atoms with Crippen molar-refractivity contribution in [2.45, 2.75) is 13.8 Å². The summed E-state index contributed by atoms with van der Waals surface area (Å²) in [6.45, 7) is 3.73. The monoisotopic (exact) mass is 121 g/mol. The Morgan fingerprint density at radius 1 is 1.62 bits per heavy atom. The van der Waals surface area contributed by atoms with Gasteiger partial charge in [-0.05, 0) is 6.92 Å². The first kappa shape index (κ1) is 7.59. The quantitative estimate of drug-likeness (QED) is 0.374. The highest BCUT2D eigenvalue weighted by atomic mass is 19.2. The van der Waals surface area contributed by atoms with E-state index >= 15 is 0 Å². The lowest BCUT2D eigenvalue weighted by atomic mass is 10.2. The van der Waals surface area contributed by atoms with E-state index < -0.39 is 7.40 Å². The molecule has 0 aliphatic carbocycles. The van der Waals surface area contributed by atoms with E-state index in [0.717, 1.165) is 4.49 Å². The Kier molecular flexibility index (Phi) is 3.40. The molecule has 0 aromatic carbocycles. The molecule has 0 saturated carbocycles. The normalized spacial score (nSPS) is 12.9. The van der Waals surface area contributed by atoms with E-state index in [9.17, 15) is 8.63 Å². The fourth-order valence-electron chi connectivity index (χ4n) is 0.490. The van der Waals surface area contributed by atoms with Gasteiger partial charge in [0.2, 0.25) is 0 Å². The lowest BCUT2D eigenvalue weighted by Crippen LogP contribution is -2.22. The Balaban J connectivity index is 3.72. The molecule has 0 atom stereocenters. The van der Waals surface area contributed by atoms with Crippen molar-refractivity contribution in [3.8, 4) is 0 Å². The predicted octanol–water partition coefficient (Wildman–Crippen LogP) is 0.766. The van der Waals surface area contributed by atoms with Gasteiger partial charge in [0.05, 0.1) is 12.8 Å². The van der Waals surface area contributed by atoms with Gasteiger partial charge in [0.1, 0.15) is 0 Å². The van der Waals surface area contributed by atoms with Crippen molar-refractivity contribution in [2.75, 3.05) is 6.54 Å². The lowest BCUT2D eigenvalue weighted by molar-refractivity contribution is -0.401. The van der Waals surface area contributed by atoms with Gasteiger partial charge in [-0.15, -0.1) is 0 Å². The second-order valence-electron chi connectivity index (χ2n) is 1.50. The summed E-state index contributed by atoms with van der Waals surface area (Å²) in [4.78, 5) is 0. The molecule has 8 heavy (non-hydrogen) atoms. The van der Waals surface area contributed by atoms with Gasteiger partial charge in [0.25, 0.3) is 0 Å². The maximum absolute atomic E-state index is 11.7. The topological polar surface area (TPSA) is 3.01 Å². The van der Waals surface area contributed by atoms with Crippen molar-refractivity contribution in [1.29, 1.82) is 0 Å². The highest BCUT2D eigenvalue weighted by Gasteiger charge is 2.08. The molecule has 4 heteroatoms. The van der Waals surface area contributed by atoms with Crippen molar-refractivity contribution in [1.82, 2.24) is 0 Å². The van der Waals surface area contributed by atoms with Gasteiger partial charge < -0.3 is 13.1 Å². The molecule has 0 unspecified atom stereocenters. The maximum Gasteiger partial charge on any atom is 0.596 e. The molecule has 0 heterocycles. The van der Waals surface area contributed by atoms with Crippen LogP contribution in [-0.4, -0.2) is 24.6 Å². The smallest absolute Gasteiger partial charge is 0.415 e. The molecular formula is C4H10BF2N. The van der Waals surface area contributed by atoms with Crippen LogP contribution in [0, 0.1) is 0 Å². The highest BCUT2D eigenvalue weighted by Crippen LogP contribution is 1.86. The molecule has 0 fully saturated rings. The molecular weight excluding hydrogens is 111 g/mol. The maximum atomic E-state index is 11.7. The fraction of sp³-hybridized carbons (Fsp3) is 0.750. The standard InChI is InChI=1S/C4H10BF2N/c1-3-8(4-2)5(6)7/h3,5H,4H2,1-2H3/b8-3-. The molecule has 0 rings (SSSR count). The number of hydrogen-bond acceptors (Lipinski definition) is 0. The van der Waals surface area contributed by atoms with Gasteiger partial charge in [-0.1, -0.05) is 0 Å². The van der Waals surface area contributed by atoms with Gasteiger partial charge in [-0.3, -0.25) is 0 Å². The summed E-state index contributed by atoms with van der Waals surface area (Å²) in [5, 5.41) is 0. The van der Waals surface area contributed by atoms with Crippen LogP contribution >= 0.6 is 0 Å². The first-order chi connectivity index (χ1) is 3.72. The molecule has 0 radical (unpaired) electrons. The van der Waals surface area contributed by atoms with Gasteiger partial charge in [-0.2, -0.15) is 0 Å². The summed E-state index contributed by atoms with van der Waals surface area (Å²) < 4.78 is 24.4. The summed E-state index contributed by atoms with van der Waals surface area (Å²) in [5.41, 5.74) is 0. The molecule has 0 aromatic rings. The summed E-state index contributed by atoms with van der Waals surface area (Å²) in [6.07, 6.45) is 1.42. The Hall–Kier alpha value is -0.405. The molecule has 0 bridgehead atoms. The molecule has 0 spiro atoms. The first-order valence-electron chi connectivity index (χ1n) is 2.71. The largest absolute Gasteiger partial charge is 0.596 e. The number of nitrogens with zero attached hydrogens (tertiary/aromatic N) is 1. The highest BCUT2D eigenvalue weighted by molar-refractivity contribution is 6.33. The molecule has 48 valence electrons. The Bertz CT molecular complexity index is 92.0. The van der Waals surface area contributed by atoms with Crippen molar-refractivity contribution in [2.24, 2.45) is 0 Å². The molecule has 0 N–H and O–H groups in total. The first-order valence-corrected chi connectivity index (χ1v) is 2.71. The van der Waals surface area contributed by atoms with E-state index in [-0.39, 0.29) is 0 Å². The average Bonchev–Trinajstić information content (AvgIpc) is 1.69. The summed E-state index contributed by atoms with van der Waals surface area (Å²) in [7, 11) is -3.04. The summed E-state index contributed by atoms with van der Waals surface area (Å²) in [5.74, 6) is 0. The average molecular weight is 121 g/mol. The Morgan fingerprint density at radius 3 is 2.12 bits per heavy atom. The van der Waals surface area contributed by atoms with Crippen molar-refractivity contribution in [3.63, 3.8) is 0 Å². The third-order valence-corrected chi connectivity index (χ3v) is 1.08. The van der Waals surface area contributed by atoms with Gasteiger partial charge in [0, 0.05) is 6.92 Å². The van der Waals surface area contributed by atoms with E-state index in [1.807, 2.05) is 0 Å². The van der Waals surface area contributed by atoms with Crippen LogP contribution in [0.4, 0.5) is 8.63 Å². The predicted molar refractivity (Wildman–Crippen MR) is 31.9 cm³/mol. The zero-order valence-electron chi connectivity index (χ0n) is 5.19. The van der Waals surface area contributed by atoms with Crippen LogP contribution in [0.3, 0.4) is 0 Å². The van der Waals surface area contributed by atoms with Gasteiger partial charge in [-0.25, -0.2) is 0 Å². The van der Waals surface area contributed by atoms with Crippen LogP contribution in [0.25, 0.3) is 0 Å². The summed E-state index contributed by atoms with van der Waals surface area (Å²) >= 11 is 0. The van der Waals surface area contributed by atoms with Gasteiger partial charge in [0.15, 0.2) is 0 Å². The molecule has 0 aliphatic heterocycles. The van der Waals surface area contributed by atoms with E-state index in [0.29, 0.717) is 6.54 Å². The summed E-state index contributed by atoms with van der Waals surface area (Å²) in [6, 6.07) is 0. The molecule has 0 amide bonds. The van der Waals surface area contributed by atoms with Crippen LogP contribution in [0.2, 0.25) is 0 Å². The Morgan fingerprint density at radius 2 is 2.12 bits per heavy atom. The van der Waals surface area contributed by atoms with E-state index in [1.54, 1.807) is 13.8 Å². The van der Waals surface area contributed by atoms with E-state index in [2.05, 4.69) is 0 Å². The van der Waals surface area contributed by atoms with Crippen molar-refractivity contribution >= 4 is 13.6 Å². The van der Waals surface area contributed by atoms with Crippen LogP contribution in [0.15, 0.2) is 0 Å². The van der Waals surface area contributed by atoms with Crippen LogP contribution in [0.1, 0.15) is 13.8 Å². The van der Waals surface area contributed by atoms with Crippen LogP contribution < -0.4 is 0 Å². The van der Waals surface area contributed by atoms with Gasteiger partial charge >= 0.3 is 7.40 Å². The van der Waals surface area contributed by atoms with Crippen molar-refractivity contribution in [3.05, 3.63) is 0 Å². The lowest BCUT2D eigenvalue weighted by Gasteiger charge is -2.03. The third-order valence-electron chi connectivity index (χ3n) is 1.08. The van der Waals surface area contributed by atoms with Crippen LogP contribution in [-0.2, 0) is 0 Å². The SMILES string of the molecule is C/C=[N+](/CC)[BH-](F)F. The third kappa shape index (κ3) is 2.05. The van der Waals surface area contributed by atoms with Crippen LogP contribution in [0.5, 0.6) is 0 Å². The molecule has 0 aromatic heterocycles. The number of halogens is 2. The second kappa shape index (κ2) is 3.58. The second-order valence-corrected chi connectivity index (χ2v) is 1.50. The number of rotatable bonds is 2. The van der Waals surface area contributed by atoms with E-state index in [1.165, 1.54) is 6.21 Å². The zero-order chi connectivity index (χ0) is 6.57. The minimum Gasteiger partial charge on any atom is -0.415 e.